The zero-order valence-corrected chi connectivity index (χ0v) is 17.8. The van der Waals surface area contributed by atoms with E-state index in [1.807, 2.05) is 24.0 Å². The summed E-state index contributed by atoms with van der Waals surface area (Å²) in [5.41, 5.74) is 5.77. The minimum absolute atomic E-state index is 0.106. The summed E-state index contributed by atoms with van der Waals surface area (Å²) in [5, 5.41) is 17.8. The van der Waals surface area contributed by atoms with Gasteiger partial charge >= 0.3 is 0 Å². The third kappa shape index (κ3) is 3.37. The van der Waals surface area contributed by atoms with Gasteiger partial charge in [-0.15, -0.1) is 0 Å². The molecule has 1 atom stereocenters. The van der Waals surface area contributed by atoms with Gasteiger partial charge in [0.05, 0.1) is 12.6 Å². The number of fused-ring (bicyclic) bond motifs is 1. The van der Waals surface area contributed by atoms with Crippen LogP contribution >= 0.6 is 0 Å². The molecule has 0 spiro atoms. The second-order valence-electron chi connectivity index (χ2n) is 8.10. The fraction of sp³-hybridized carbons (Fsp3) is 0.333. The molecule has 0 aliphatic carbocycles. The fourth-order valence-corrected chi connectivity index (χ4v) is 4.07. The quantitative estimate of drug-likeness (QED) is 0.637. The number of hydrogen-bond donors (Lipinski definition) is 2. The second kappa shape index (κ2) is 7.95. The van der Waals surface area contributed by atoms with Gasteiger partial charge in [0.1, 0.15) is 17.1 Å². The van der Waals surface area contributed by atoms with E-state index in [1.54, 1.807) is 13.2 Å². The van der Waals surface area contributed by atoms with Crippen molar-refractivity contribution in [1.29, 1.82) is 0 Å². The number of carbonyl (C=O) groups is 1. The minimum Gasteiger partial charge on any atom is -0.507 e. The average molecular weight is 405 g/mol. The van der Waals surface area contributed by atoms with Gasteiger partial charge < -0.3 is 14.7 Å². The molecule has 2 N–H and O–H groups in total. The van der Waals surface area contributed by atoms with E-state index < -0.39 is 0 Å². The Kier molecular flexibility index (Phi) is 5.35. The Labute approximate surface area is 176 Å². The normalized spacial score (nSPS) is 15.8. The van der Waals surface area contributed by atoms with Gasteiger partial charge in [0.25, 0.3) is 5.91 Å². The highest BCUT2D eigenvalue weighted by Crippen LogP contribution is 2.44. The standard InChI is InChI=1S/C24H27N3O3/c1-14(2)16-6-8-17(9-7-16)23-20-21(18-13-15(3)5-10-19(18)28)25-26-22(20)24(29)27(23)11-12-30-4/h5-10,13-14,23,28H,11-12H2,1-4H3,(H,25,26). The number of aromatic hydroxyl groups is 1. The smallest absolute Gasteiger partial charge is 0.273 e. The van der Waals surface area contributed by atoms with Crippen molar-refractivity contribution in [1.82, 2.24) is 15.1 Å². The van der Waals surface area contributed by atoms with Crippen LogP contribution in [-0.4, -0.2) is 46.4 Å². The molecular weight excluding hydrogens is 378 g/mol. The van der Waals surface area contributed by atoms with Gasteiger partial charge in [-0.1, -0.05) is 49.7 Å². The average Bonchev–Trinajstić information content (AvgIpc) is 3.27. The van der Waals surface area contributed by atoms with Crippen LogP contribution in [0.15, 0.2) is 42.5 Å². The first-order chi connectivity index (χ1) is 14.4. The Bertz CT molecular complexity index is 1070. The van der Waals surface area contributed by atoms with Crippen molar-refractivity contribution in [3.8, 4) is 17.0 Å². The van der Waals surface area contributed by atoms with E-state index in [-0.39, 0.29) is 17.7 Å². The predicted octanol–water partition coefficient (Wildman–Crippen LogP) is 4.41. The number of phenols is 1. The predicted molar refractivity (Wildman–Crippen MR) is 116 cm³/mol. The number of ether oxygens (including phenoxy) is 1. The molecule has 2 aromatic carbocycles. The zero-order valence-electron chi connectivity index (χ0n) is 17.8. The molecule has 2 heterocycles. The zero-order chi connectivity index (χ0) is 21.4. The van der Waals surface area contributed by atoms with Crippen LogP contribution in [0.2, 0.25) is 0 Å². The van der Waals surface area contributed by atoms with Crippen LogP contribution in [0.1, 0.15) is 58.5 Å². The summed E-state index contributed by atoms with van der Waals surface area (Å²) < 4.78 is 5.25. The van der Waals surface area contributed by atoms with Crippen molar-refractivity contribution in [3.05, 3.63) is 70.4 Å². The van der Waals surface area contributed by atoms with Gasteiger partial charge in [-0.05, 0) is 36.1 Å². The number of amides is 1. The van der Waals surface area contributed by atoms with Crippen LogP contribution in [0, 0.1) is 6.92 Å². The van der Waals surface area contributed by atoms with E-state index in [4.69, 9.17) is 4.74 Å². The summed E-state index contributed by atoms with van der Waals surface area (Å²) in [6.07, 6.45) is 0. The van der Waals surface area contributed by atoms with Crippen LogP contribution < -0.4 is 0 Å². The van der Waals surface area contributed by atoms with E-state index in [1.165, 1.54) is 5.56 Å². The van der Waals surface area contributed by atoms with E-state index in [2.05, 4.69) is 48.3 Å². The van der Waals surface area contributed by atoms with Gasteiger partial charge in [0.15, 0.2) is 0 Å². The lowest BCUT2D eigenvalue weighted by molar-refractivity contribution is 0.0677. The molecule has 1 aromatic heterocycles. The van der Waals surface area contributed by atoms with Gasteiger partial charge in [0, 0.05) is 24.8 Å². The fourth-order valence-electron chi connectivity index (χ4n) is 4.07. The number of rotatable bonds is 6. The van der Waals surface area contributed by atoms with Gasteiger partial charge in [-0.2, -0.15) is 5.10 Å². The molecule has 0 bridgehead atoms. The highest BCUT2D eigenvalue weighted by atomic mass is 16.5. The van der Waals surface area contributed by atoms with Gasteiger partial charge in [0.2, 0.25) is 0 Å². The maximum Gasteiger partial charge on any atom is 0.273 e. The molecule has 1 aliphatic heterocycles. The van der Waals surface area contributed by atoms with Crippen LogP contribution in [0.4, 0.5) is 0 Å². The Balaban J connectivity index is 1.86. The number of aryl methyl sites for hydroxylation is 1. The number of nitrogens with one attached hydrogen (secondary N) is 1. The first kappa shape index (κ1) is 20.2. The number of benzene rings is 2. The summed E-state index contributed by atoms with van der Waals surface area (Å²) in [6.45, 7) is 7.19. The van der Waals surface area contributed by atoms with Gasteiger partial charge in [-0.25, -0.2) is 0 Å². The molecule has 0 fully saturated rings. The maximum absolute atomic E-state index is 13.2. The molecule has 4 rings (SSSR count). The number of methoxy groups -OCH3 is 1. The molecule has 30 heavy (non-hydrogen) atoms. The lowest BCUT2D eigenvalue weighted by atomic mass is 9.93. The molecule has 6 nitrogen and oxygen atoms in total. The Morgan fingerprint density at radius 2 is 1.93 bits per heavy atom. The maximum atomic E-state index is 13.2. The molecule has 0 radical (unpaired) electrons. The third-order valence-corrected chi connectivity index (χ3v) is 5.73. The Hall–Kier alpha value is -3.12. The van der Waals surface area contributed by atoms with Crippen LogP contribution in [-0.2, 0) is 4.74 Å². The number of hydrogen-bond acceptors (Lipinski definition) is 4. The summed E-state index contributed by atoms with van der Waals surface area (Å²) >= 11 is 0. The molecule has 1 aliphatic rings. The van der Waals surface area contributed by atoms with Crippen LogP contribution in [0.3, 0.4) is 0 Å². The van der Waals surface area contributed by atoms with E-state index in [0.29, 0.717) is 36.0 Å². The third-order valence-electron chi connectivity index (χ3n) is 5.73. The number of carbonyl (C=O) groups excluding carboxylic acids is 1. The van der Waals surface area contributed by atoms with Crippen LogP contribution in [0.5, 0.6) is 5.75 Å². The highest BCUT2D eigenvalue weighted by molar-refractivity contribution is 6.00. The SMILES string of the molecule is COCCN1C(=O)c2[nH]nc(-c3cc(C)ccc3O)c2C1c1ccc(C(C)C)cc1. The molecule has 3 aromatic rings. The van der Waals surface area contributed by atoms with E-state index >= 15 is 0 Å². The number of phenolic OH excluding ortho intramolecular Hbond substituents is 1. The molecule has 0 saturated carbocycles. The largest absolute Gasteiger partial charge is 0.507 e. The lowest BCUT2D eigenvalue weighted by Crippen LogP contribution is -2.32. The Morgan fingerprint density at radius 3 is 2.60 bits per heavy atom. The van der Waals surface area contributed by atoms with Crippen LogP contribution in [0.25, 0.3) is 11.3 Å². The summed E-state index contributed by atoms with van der Waals surface area (Å²) in [7, 11) is 1.63. The summed E-state index contributed by atoms with van der Waals surface area (Å²) in [5.74, 6) is 0.468. The molecule has 156 valence electrons. The number of aromatic amines is 1. The first-order valence-electron chi connectivity index (χ1n) is 10.2. The van der Waals surface area contributed by atoms with Crippen molar-refractivity contribution in [2.24, 2.45) is 0 Å². The molecule has 1 amide bonds. The summed E-state index contributed by atoms with van der Waals surface area (Å²) in [4.78, 5) is 15.0. The van der Waals surface area contributed by atoms with Crippen molar-refractivity contribution >= 4 is 5.91 Å². The number of H-pyrrole nitrogens is 1. The van der Waals surface area contributed by atoms with E-state index in [0.717, 1.165) is 16.7 Å². The molecular formula is C24H27N3O3. The minimum atomic E-state index is -0.294. The highest BCUT2D eigenvalue weighted by Gasteiger charge is 2.42. The van der Waals surface area contributed by atoms with E-state index in [9.17, 15) is 9.90 Å². The van der Waals surface area contributed by atoms with Crippen molar-refractivity contribution < 1.29 is 14.6 Å². The second-order valence-corrected chi connectivity index (χ2v) is 8.10. The van der Waals surface area contributed by atoms with Crippen molar-refractivity contribution in [3.63, 3.8) is 0 Å². The summed E-state index contributed by atoms with van der Waals surface area (Å²) in [6, 6.07) is 13.5. The number of aromatic nitrogens is 2. The lowest BCUT2D eigenvalue weighted by Gasteiger charge is -2.26. The van der Waals surface area contributed by atoms with Gasteiger partial charge in [-0.3, -0.25) is 9.89 Å². The molecule has 0 saturated heterocycles. The monoisotopic (exact) mass is 405 g/mol. The Morgan fingerprint density at radius 1 is 1.20 bits per heavy atom. The number of nitrogens with zero attached hydrogens (tertiary/aromatic N) is 2. The molecule has 1 unspecified atom stereocenters. The molecule has 6 heteroatoms. The first-order valence-corrected chi connectivity index (χ1v) is 10.2. The van der Waals surface area contributed by atoms with Crippen molar-refractivity contribution in [2.75, 3.05) is 20.3 Å². The van der Waals surface area contributed by atoms with Crippen molar-refractivity contribution in [2.45, 2.75) is 32.7 Å². The topological polar surface area (TPSA) is 78.5 Å².